The summed E-state index contributed by atoms with van der Waals surface area (Å²) in [6, 6.07) is 2.32. The summed E-state index contributed by atoms with van der Waals surface area (Å²) >= 11 is 5.67. The van der Waals surface area contributed by atoms with Crippen LogP contribution in [0.2, 0.25) is 5.02 Å². The van der Waals surface area contributed by atoms with Crippen molar-refractivity contribution in [3.63, 3.8) is 0 Å². The molecular formula is C12H9ClF4N2O3S. The number of halogens is 5. The van der Waals surface area contributed by atoms with E-state index in [0.717, 1.165) is 24.5 Å². The van der Waals surface area contributed by atoms with Crippen LogP contribution >= 0.6 is 11.6 Å². The van der Waals surface area contributed by atoms with Crippen molar-refractivity contribution in [3.05, 3.63) is 40.4 Å². The lowest BCUT2D eigenvalue weighted by atomic mass is 10.2. The Hall–Kier alpha value is -1.81. The predicted octanol–water partition coefficient (Wildman–Crippen LogP) is 3.33. The molecule has 2 rings (SSSR count). The van der Waals surface area contributed by atoms with Crippen molar-refractivity contribution in [2.24, 2.45) is 0 Å². The zero-order valence-electron chi connectivity index (χ0n) is 11.6. The Morgan fingerprint density at radius 1 is 1.26 bits per heavy atom. The molecule has 0 aliphatic carbocycles. The molecule has 126 valence electrons. The summed E-state index contributed by atoms with van der Waals surface area (Å²) in [5.74, 6) is -1.41. The number of aromatic nitrogens is 2. The summed E-state index contributed by atoms with van der Waals surface area (Å²) in [4.78, 5) is 0. The van der Waals surface area contributed by atoms with Gasteiger partial charge in [-0.2, -0.15) is 26.7 Å². The van der Waals surface area contributed by atoms with Gasteiger partial charge in [-0.1, -0.05) is 11.6 Å². The van der Waals surface area contributed by atoms with Gasteiger partial charge in [-0.3, -0.25) is 0 Å². The number of nitrogens with zero attached hydrogens (tertiary/aromatic N) is 2. The topological polar surface area (TPSA) is 61.2 Å². The van der Waals surface area contributed by atoms with Crippen LogP contribution < -0.4 is 4.18 Å². The minimum absolute atomic E-state index is 0.0103. The second-order valence-corrected chi connectivity index (χ2v) is 6.58. The first-order valence-corrected chi connectivity index (χ1v) is 8.10. The highest BCUT2D eigenvalue weighted by molar-refractivity contribution is 7.86. The minimum atomic E-state index is -4.70. The summed E-state index contributed by atoms with van der Waals surface area (Å²) in [5.41, 5.74) is -1.65. The van der Waals surface area contributed by atoms with Crippen molar-refractivity contribution in [2.75, 3.05) is 6.26 Å². The van der Waals surface area contributed by atoms with E-state index in [0.29, 0.717) is 4.68 Å². The molecule has 0 saturated carbocycles. The first-order valence-electron chi connectivity index (χ1n) is 5.91. The molecule has 0 aliphatic rings. The lowest BCUT2D eigenvalue weighted by Crippen LogP contribution is -2.10. The Kier molecular flexibility index (Phi) is 4.33. The predicted molar refractivity (Wildman–Crippen MR) is 73.7 cm³/mol. The van der Waals surface area contributed by atoms with Crippen LogP contribution in [-0.4, -0.2) is 24.5 Å². The smallest absolute Gasteiger partial charge is 0.381 e. The number of hydrogen-bond donors (Lipinski definition) is 0. The van der Waals surface area contributed by atoms with Crippen LogP contribution in [-0.2, 0) is 16.3 Å². The standard InChI is InChI=1S/C12H9ClF4N2O3S/c1-6-3-11(12(15,16)17)18-19(6)9-5-10(22-23(2,20)21)7(13)4-8(9)14/h3-5H,1-2H3. The fourth-order valence-corrected chi connectivity index (χ4v) is 2.46. The van der Waals surface area contributed by atoms with Gasteiger partial charge in [0.25, 0.3) is 0 Å². The molecule has 11 heteroatoms. The van der Waals surface area contributed by atoms with Gasteiger partial charge in [-0.05, 0) is 19.1 Å². The van der Waals surface area contributed by atoms with Gasteiger partial charge in [0.05, 0.1) is 11.3 Å². The molecule has 0 bridgehead atoms. The van der Waals surface area contributed by atoms with Crippen molar-refractivity contribution >= 4 is 21.7 Å². The molecule has 0 amide bonds. The molecule has 23 heavy (non-hydrogen) atoms. The fourth-order valence-electron chi connectivity index (χ4n) is 1.76. The Balaban J connectivity index is 2.60. The molecule has 1 aromatic heterocycles. The van der Waals surface area contributed by atoms with Crippen molar-refractivity contribution < 1.29 is 30.2 Å². The van der Waals surface area contributed by atoms with E-state index in [-0.39, 0.29) is 10.7 Å². The fraction of sp³-hybridized carbons (Fsp3) is 0.250. The van der Waals surface area contributed by atoms with Gasteiger partial charge < -0.3 is 4.18 Å². The normalized spacial score (nSPS) is 12.5. The maximum atomic E-state index is 14.0. The van der Waals surface area contributed by atoms with E-state index in [1.807, 2.05) is 0 Å². The van der Waals surface area contributed by atoms with Gasteiger partial charge in [-0.25, -0.2) is 9.07 Å². The summed E-state index contributed by atoms with van der Waals surface area (Å²) < 4.78 is 79.6. The number of aryl methyl sites for hydroxylation is 1. The van der Waals surface area contributed by atoms with Crippen LogP contribution in [0.15, 0.2) is 18.2 Å². The average Bonchev–Trinajstić information content (AvgIpc) is 2.73. The lowest BCUT2D eigenvalue weighted by Gasteiger charge is -2.10. The van der Waals surface area contributed by atoms with E-state index >= 15 is 0 Å². The molecule has 0 fully saturated rings. The van der Waals surface area contributed by atoms with Crippen LogP contribution in [0, 0.1) is 12.7 Å². The first kappa shape index (κ1) is 17.5. The summed E-state index contributed by atoms with van der Waals surface area (Å²) in [6.45, 7) is 1.29. The molecule has 5 nitrogen and oxygen atoms in total. The maximum Gasteiger partial charge on any atom is 0.435 e. The number of hydrogen-bond acceptors (Lipinski definition) is 4. The van der Waals surface area contributed by atoms with Gasteiger partial charge in [-0.15, -0.1) is 0 Å². The number of benzene rings is 1. The largest absolute Gasteiger partial charge is 0.435 e. The van der Waals surface area contributed by atoms with Gasteiger partial charge >= 0.3 is 16.3 Å². The van der Waals surface area contributed by atoms with Gasteiger partial charge in [0, 0.05) is 11.8 Å². The van der Waals surface area contributed by atoms with E-state index in [1.165, 1.54) is 6.92 Å². The van der Waals surface area contributed by atoms with Gasteiger partial charge in [0.1, 0.15) is 5.69 Å². The molecule has 0 aliphatic heterocycles. The molecule has 0 spiro atoms. The quantitative estimate of drug-likeness (QED) is 0.612. The third-order valence-electron chi connectivity index (χ3n) is 2.65. The van der Waals surface area contributed by atoms with Gasteiger partial charge in [0.15, 0.2) is 17.3 Å². The molecule has 0 atom stereocenters. The molecule has 1 heterocycles. The zero-order valence-corrected chi connectivity index (χ0v) is 13.2. The van der Waals surface area contributed by atoms with Crippen molar-refractivity contribution in [1.29, 1.82) is 0 Å². The molecule has 0 saturated heterocycles. The molecule has 2 aromatic rings. The van der Waals surface area contributed by atoms with Crippen molar-refractivity contribution in [2.45, 2.75) is 13.1 Å². The molecule has 0 unspecified atom stereocenters. The minimum Gasteiger partial charge on any atom is -0.381 e. The second kappa shape index (κ2) is 5.68. The third-order valence-corrected chi connectivity index (χ3v) is 3.43. The van der Waals surface area contributed by atoms with Crippen LogP contribution in [0.4, 0.5) is 17.6 Å². The van der Waals surface area contributed by atoms with E-state index in [1.54, 1.807) is 0 Å². The van der Waals surface area contributed by atoms with Crippen LogP contribution in [0.1, 0.15) is 11.4 Å². The van der Waals surface area contributed by atoms with Crippen LogP contribution in [0.5, 0.6) is 5.75 Å². The van der Waals surface area contributed by atoms with E-state index in [9.17, 15) is 26.0 Å². The SMILES string of the molecule is Cc1cc(C(F)(F)F)nn1-c1cc(OS(C)(=O)=O)c(Cl)cc1F. The highest BCUT2D eigenvalue weighted by atomic mass is 35.5. The highest BCUT2D eigenvalue weighted by Gasteiger charge is 2.35. The summed E-state index contributed by atoms with van der Waals surface area (Å²) in [6.07, 6.45) is -3.96. The van der Waals surface area contributed by atoms with E-state index in [2.05, 4.69) is 9.28 Å². The van der Waals surface area contributed by atoms with E-state index < -0.39 is 39.2 Å². The van der Waals surface area contributed by atoms with E-state index in [4.69, 9.17) is 11.6 Å². The summed E-state index contributed by atoms with van der Waals surface area (Å²) in [7, 11) is -3.96. The molecular weight excluding hydrogens is 364 g/mol. The maximum absolute atomic E-state index is 14.0. The lowest BCUT2D eigenvalue weighted by molar-refractivity contribution is -0.141. The first-order chi connectivity index (χ1) is 10.4. The number of rotatable bonds is 3. The number of alkyl halides is 3. The Labute approximate surface area is 133 Å². The average molecular weight is 373 g/mol. The highest BCUT2D eigenvalue weighted by Crippen LogP contribution is 2.33. The Bertz CT molecular complexity index is 862. The van der Waals surface area contributed by atoms with Crippen molar-refractivity contribution in [3.8, 4) is 11.4 Å². The van der Waals surface area contributed by atoms with Crippen molar-refractivity contribution in [1.82, 2.24) is 9.78 Å². The zero-order chi connectivity index (χ0) is 17.6. The molecule has 1 aromatic carbocycles. The summed E-state index contributed by atoms with van der Waals surface area (Å²) in [5, 5.41) is 2.93. The monoisotopic (exact) mass is 372 g/mol. The second-order valence-electron chi connectivity index (χ2n) is 4.60. The van der Waals surface area contributed by atoms with Crippen LogP contribution in [0.25, 0.3) is 5.69 Å². The third kappa shape index (κ3) is 3.94. The van der Waals surface area contributed by atoms with Gasteiger partial charge in [0.2, 0.25) is 0 Å². The Morgan fingerprint density at radius 3 is 2.35 bits per heavy atom. The molecule has 0 N–H and O–H groups in total. The Morgan fingerprint density at radius 2 is 1.87 bits per heavy atom. The van der Waals surface area contributed by atoms with Crippen LogP contribution in [0.3, 0.4) is 0 Å². The molecule has 0 radical (unpaired) electrons.